The first-order chi connectivity index (χ1) is 4.63. The monoisotopic (exact) mass is 145 g/mol. The molecule has 0 radical (unpaired) electrons. The topological polar surface area (TPSA) is 35.2 Å². The van der Waals surface area contributed by atoms with E-state index in [0.29, 0.717) is 0 Å². The van der Waals surface area contributed by atoms with Gasteiger partial charge in [-0.05, 0) is 25.7 Å². The fraction of sp³-hybridized carbons (Fsp3) is 1.00. The van der Waals surface area contributed by atoms with E-state index in [0.717, 1.165) is 18.9 Å². The van der Waals surface area contributed by atoms with Crippen LogP contribution in [0.1, 0.15) is 33.6 Å². The molecule has 0 saturated carbocycles. The third-order valence-electron chi connectivity index (χ3n) is 1.31. The molecule has 0 heterocycles. The van der Waals surface area contributed by atoms with Gasteiger partial charge in [0, 0.05) is 6.61 Å². The summed E-state index contributed by atoms with van der Waals surface area (Å²) in [6.07, 6.45) is 2.25. The summed E-state index contributed by atoms with van der Waals surface area (Å²) in [6.45, 7) is 7.09. The molecule has 0 aliphatic carbocycles. The molecule has 62 valence electrons. The van der Waals surface area contributed by atoms with E-state index in [1.807, 2.05) is 6.92 Å². The summed E-state index contributed by atoms with van der Waals surface area (Å²) in [5.74, 6) is 0.775. The fourth-order valence-electron chi connectivity index (χ4n) is 0.761. The van der Waals surface area contributed by atoms with Gasteiger partial charge in [-0.2, -0.15) is 0 Å². The molecule has 2 heteroatoms. The van der Waals surface area contributed by atoms with Crippen LogP contribution in [0.3, 0.4) is 0 Å². The van der Waals surface area contributed by atoms with Crippen LogP contribution in [0.15, 0.2) is 0 Å². The lowest BCUT2D eigenvalue weighted by Crippen LogP contribution is -2.19. The van der Waals surface area contributed by atoms with Crippen molar-refractivity contribution >= 4 is 0 Å². The van der Waals surface area contributed by atoms with Crippen molar-refractivity contribution in [3.8, 4) is 0 Å². The van der Waals surface area contributed by atoms with Crippen LogP contribution in [-0.2, 0) is 4.74 Å². The minimum atomic E-state index is -0.104. The van der Waals surface area contributed by atoms with E-state index in [2.05, 4.69) is 13.8 Å². The number of hydrogen-bond donors (Lipinski definition) is 1. The van der Waals surface area contributed by atoms with Crippen molar-refractivity contribution in [1.29, 1.82) is 0 Å². The third-order valence-corrected chi connectivity index (χ3v) is 1.31. The Morgan fingerprint density at radius 3 is 2.30 bits per heavy atom. The average Bonchev–Trinajstić information content (AvgIpc) is 1.79. The van der Waals surface area contributed by atoms with Crippen LogP contribution in [-0.4, -0.2) is 12.8 Å². The first-order valence-electron chi connectivity index (χ1n) is 4.00. The summed E-state index contributed by atoms with van der Waals surface area (Å²) in [5, 5.41) is 0. The number of rotatable bonds is 5. The molecule has 0 rings (SSSR count). The van der Waals surface area contributed by atoms with Crippen LogP contribution >= 0.6 is 0 Å². The van der Waals surface area contributed by atoms with Crippen LogP contribution < -0.4 is 5.73 Å². The van der Waals surface area contributed by atoms with Crippen molar-refractivity contribution < 1.29 is 4.74 Å². The summed E-state index contributed by atoms with van der Waals surface area (Å²) in [4.78, 5) is 0. The van der Waals surface area contributed by atoms with Gasteiger partial charge >= 0.3 is 0 Å². The van der Waals surface area contributed by atoms with Gasteiger partial charge in [-0.15, -0.1) is 0 Å². The maximum Gasteiger partial charge on any atom is 0.102 e. The van der Waals surface area contributed by atoms with Gasteiger partial charge < -0.3 is 10.5 Å². The molecule has 10 heavy (non-hydrogen) atoms. The van der Waals surface area contributed by atoms with Crippen molar-refractivity contribution in [3.05, 3.63) is 0 Å². The van der Waals surface area contributed by atoms with Gasteiger partial charge in [0.1, 0.15) is 6.23 Å². The highest BCUT2D eigenvalue weighted by Gasteiger charge is 1.95. The van der Waals surface area contributed by atoms with Gasteiger partial charge in [-0.25, -0.2) is 0 Å². The largest absolute Gasteiger partial charge is 0.364 e. The molecule has 0 saturated heterocycles. The molecule has 0 spiro atoms. The third kappa shape index (κ3) is 7.92. The Labute approximate surface area is 63.7 Å². The molecule has 0 aliphatic rings. The summed E-state index contributed by atoms with van der Waals surface area (Å²) >= 11 is 0. The number of nitrogens with two attached hydrogens (primary N) is 1. The second kappa shape index (κ2) is 5.69. The van der Waals surface area contributed by atoms with E-state index in [1.165, 1.54) is 6.42 Å². The predicted molar refractivity (Wildman–Crippen MR) is 43.7 cm³/mol. The van der Waals surface area contributed by atoms with Crippen LogP contribution in [0, 0.1) is 5.92 Å². The minimum absolute atomic E-state index is 0.104. The summed E-state index contributed by atoms with van der Waals surface area (Å²) in [6, 6.07) is 0. The lowest BCUT2D eigenvalue weighted by Gasteiger charge is -2.07. The van der Waals surface area contributed by atoms with Crippen LogP contribution in [0.5, 0.6) is 0 Å². The Bertz CT molecular complexity index is 61.7. The highest BCUT2D eigenvalue weighted by atomic mass is 16.5. The van der Waals surface area contributed by atoms with Crippen molar-refractivity contribution in [3.63, 3.8) is 0 Å². The zero-order valence-electron chi connectivity index (χ0n) is 7.26. The molecule has 0 amide bonds. The lowest BCUT2D eigenvalue weighted by molar-refractivity contribution is 0.0664. The molecule has 0 aliphatic heterocycles. The lowest BCUT2D eigenvalue weighted by atomic mass is 10.1. The highest BCUT2D eigenvalue weighted by Crippen LogP contribution is 2.03. The van der Waals surface area contributed by atoms with E-state index in [1.54, 1.807) is 0 Å². The standard InChI is InChI=1S/C8H19NO/c1-7(2)5-4-6-10-8(3)9/h7-8H,4-6,9H2,1-3H3. The van der Waals surface area contributed by atoms with Gasteiger partial charge in [-0.3, -0.25) is 0 Å². The van der Waals surface area contributed by atoms with E-state index in [-0.39, 0.29) is 6.23 Å². The first kappa shape index (κ1) is 9.92. The maximum absolute atomic E-state index is 5.39. The summed E-state index contributed by atoms with van der Waals surface area (Å²) < 4.78 is 5.17. The molecule has 1 atom stereocenters. The van der Waals surface area contributed by atoms with Crippen molar-refractivity contribution in [2.24, 2.45) is 11.7 Å². The zero-order chi connectivity index (χ0) is 7.98. The molecule has 0 fully saturated rings. The van der Waals surface area contributed by atoms with Crippen molar-refractivity contribution in [1.82, 2.24) is 0 Å². The second-order valence-corrected chi connectivity index (χ2v) is 3.11. The normalized spacial score (nSPS) is 14.1. The van der Waals surface area contributed by atoms with Gasteiger partial charge in [0.25, 0.3) is 0 Å². The molecule has 0 bridgehead atoms. The molecule has 0 aromatic heterocycles. The van der Waals surface area contributed by atoms with E-state index in [4.69, 9.17) is 10.5 Å². The Morgan fingerprint density at radius 1 is 1.30 bits per heavy atom. The second-order valence-electron chi connectivity index (χ2n) is 3.11. The Balaban J connectivity index is 2.91. The number of hydrogen-bond acceptors (Lipinski definition) is 2. The quantitative estimate of drug-likeness (QED) is 0.472. The highest BCUT2D eigenvalue weighted by molar-refractivity contribution is 4.45. The molecular weight excluding hydrogens is 126 g/mol. The van der Waals surface area contributed by atoms with Crippen LogP contribution in [0.25, 0.3) is 0 Å². The number of ether oxygens (including phenoxy) is 1. The van der Waals surface area contributed by atoms with E-state index >= 15 is 0 Å². The predicted octanol–water partition coefficient (Wildman–Crippen LogP) is 1.74. The zero-order valence-corrected chi connectivity index (χ0v) is 7.26. The van der Waals surface area contributed by atoms with Crippen molar-refractivity contribution in [2.75, 3.05) is 6.61 Å². The van der Waals surface area contributed by atoms with Gasteiger partial charge in [0.15, 0.2) is 0 Å². The summed E-state index contributed by atoms with van der Waals surface area (Å²) in [7, 11) is 0. The smallest absolute Gasteiger partial charge is 0.102 e. The summed E-state index contributed by atoms with van der Waals surface area (Å²) in [5.41, 5.74) is 5.39. The Hall–Kier alpha value is -0.0800. The molecule has 2 nitrogen and oxygen atoms in total. The molecule has 0 aromatic rings. The van der Waals surface area contributed by atoms with Crippen molar-refractivity contribution in [2.45, 2.75) is 39.8 Å². The van der Waals surface area contributed by atoms with Gasteiger partial charge in [-0.1, -0.05) is 13.8 Å². The van der Waals surface area contributed by atoms with E-state index in [9.17, 15) is 0 Å². The van der Waals surface area contributed by atoms with Crippen LogP contribution in [0.4, 0.5) is 0 Å². The van der Waals surface area contributed by atoms with E-state index < -0.39 is 0 Å². The Kier molecular flexibility index (Phi) is 5.64. The van der Waals surface area contributed by atoms with Gasteiger partial charge in [0.05, 0.1) is 0 Å². The molecule has 2 N–H and O–H groups in total. The van der Waals surface area contributed by atoms with Crippen LogP contribution in [0.2, 0.25) is 0 Å². The molecule has 0 aromatic carbocycles. The Morgan fingerprint density at radius 2 is 1.90 bits per heavy atom. The minimum Gasteiger partial charge on any atom is -0.364 e. The fourth-order valence-corrected chi connectivity index (χ4v) is 0.761. The molecule has 1 unspecified atom stereocenters. The average molecular weight is 145 g/mol. The SMILES string of the molecule is CC(C)CCCOC(C)N. The van der Waals surface area contributed by atoms with Gasteiger partial charge in [0.2, 0.25) is 0 Å². The maximum atomic E-state index is 5.39. The first-order valence-corrected chi connectivity index (χ1v) is 4.00. The molecular formula is C8H19NO.